The molecule has 0 unspecified atom stereocenters. The zero-order valence-electron chi connectivity index (χ0n) is 16.6. The van der Waals surface area contributed by atoms with Crippen molar-refractivity contribution in [1.29, 1.82) is 0 Å². The van der Waals surface area contributed by atoms with E-state index in [-0.39, 0.29) is 6.54 Å². The number of carbonyl (C=O) groups is 2. The summed E-state index contributed by atoms with van der Waals surface area (Å²) in [5.41, 5.74) is 4.47. The fraction of sp³-hybridized carbons (Fsp3) is 0.190. The first-order valence-corrected chi connectivity index (χ1v) is 10.6. The number of ether oxygens (including phenoxy) is 2. The molecule has 30 heavy (non-hydrogen) atoms. The highest BCUT2D eigenvalue weighted by atomic mass is 79.9. The average molecular weight is 490 g/mol. The molecule has 2 aromatic carbocycles. The Morgan fingerprint density at radius 1 is 1.10 bits per heavy atom. The van der Waals surface area contributed by atoms with Gasteiger partial charge in [-0.3, -0.25) is 9.59 Å². The number of methoxy groups -OCH3 is 2. The van der Waals surface area contributed by atoms with Gasteiger partial charge in [0.25, 0.3) is 11.8 Å². The minimum absolute atomic E-state index is 0.208. The van der Waals surface area contributed by atoms with Crippen LogP contribution in [0.25, 0.3) is 10.1 Å². The van der Waals surface area contributed by atoms with Crippen molar-refractivity contribution in [3.63, 3.8) is 0 Å². The lowest BCUT2D eigenvalue weighted by Gasteiger charge is -2.09. The standard InChI is InChI=1S/C21H20BrN3O4S/c1-12(16-11-30-19-7-5-14(22)9-15(16)19)24-25-20(26)10-23-21(27)13-4-6-17(28-2)18(8-13)29-3/h4-9,11H,10H2,1-3H3,(H,23,27)(H,25,26). The van der Waals surface area contributed by atoms with Crippen LogP contribution in [0.4, 0.5) is 0 Å². The summed E-state index contributed by atoms with van der Waals surface area (Å²) < 4.78 is 12.4. The molecule has 0 aliphatic rings. The largest absolute Gasteiger partial charge is 0.493 e. The van der Waals surface area contributed by atoms with Crippen LogP contribution < -0.4 is 20.2 Å². The van der Waals surface area contributed by atoms with Crippen LogP contribution >= 0.6 is 27.3 Å². The van der Waals surface area contributed by atoms with Crippen molar-refractivity contribution in [1.82, 2.24) is 10.7 Å². The zero-order chi connectivity index (χ0) is 21.7. The number of nitrogens with zero attached hydrogens (tertiary/aromatic N) is 1. The summed E-state index contributed by atoms with van der Waals surface area (Å²) in [6, 6.07) is 10.8. The molecule has 0 fully saturated rings. The van der Waals surface area contributed by atoms with Crippen molar-refractivity contribution in [3.8, 4) is 11.5 Å². The van der Waals surface area contributed by atoms with Crippen molar-refractivity contribution in [2.45, 2.75) is 6.92 Å². The van der Waals surface area contributed by atoms with Crippen molar-refractivity contribution in [2.75, 3.05) is 20.8 Å². The van der Waals surface area contributed by atoms with Crippen LogP contribution in [-0.4, -0.2) is 38.3 Å². The number of rotatable bonds is 7. The van der Waals surface area contributed by atoms with Crippen molar-refractivity contribution in [2.24, 2.45) is 5.10 Å². The van der Waals surface area contributed by atoms with Gasteiger partial charge in [0.05, 0.1) is 26.5 Å². The van der Waals surface area contributed by atoms with Gasteiger partial charge in [-0.05, 0) is 43.3 Å². The molecule has 0 saturated carbocycles. The number of halogens is 1. The minimum Gasteiger partial charge on any atom is -0.493 e. The molecular weight excluding hydrogens is 470 g/mol. The van der Waals surface area contributed by atoms with Gasteiger partial charge in [-0.1, -0.05) is 15.9 Å². The van der Waals surface area contributed by atoms with Gasteiger partial charge in [0.1, 0.15) is 0 Å². The van der Waals surface area contributed by atoms with Crippen molar-refractivity contribution < 1.29 is 19.1 Å². The van der Waals surface area contributed by atoms with E-state index >= 15 is 0 Å². The van der Waals surface area contributed by atoms with E-state index in [0.717, 1.165) is 20.1 Å². The van der Waals surface area contributed by atoms with Gasteiger partial charge in [-0.25, -0.2) is 5.43 Å². The number of fused-ring (bicyclic) bond motifs is 1. The van der Waals surface area contributed by atoms with Gasteiger partial charge in [0, 0.05) is 31.1 Å². The molecule has 9 heteroatoms. The highest BCUT2D eigenvalue weighted by molar-refractivity contribution is 9.10. The normalized spacial score (nSPS) is 11.3. The summed E-state index contributed by atoms with van der Waals surface area (Å²) in [4.78, 5) is 24.4. The minimum atomic E-state index is -0.427. The van der Waals surface area contributed by atoms with Crippen LogP contribution in [0.5, 0.6) is 11.5 Å². The Hall–Kier alpha value is -2.91. The third kappa shape index (κ3) is 4.98. The lowest BCUT2D eigenvalue weighted by Crippen LogP contribution is -2.35. The molecule has 3 aromatic rings. The van der Waals surface area contributed by atoms with Crippen LogP contribution in [0.2, 0.25) is 0 Å². The van der Waals surface area contributed by atoms with Gasteiger partial charge in [-0.2, -0.15) is 5.10 Å². The van der Waals surface area contributed by atoms with Crippen LogP contribution in [0.3, 0.4) is 0 Å². The molecule has 0 saturated heterocycles. The molecule has 2 amide bonds. The van der Waals surface area contributed by atoms with Gasteiger partial charge < -0.3 is 14.8 Å². The second-order valence-electron chi connectivity index (χ2n) is 6.27. The van der Waals surface area contributed by atoms with E-state index in [2.05, 4.69) is 31.8 Å². The summed E-state index contributed by atoms with van der Waals surface area (Å²) >= 11 is 5.08. The number of hydrogen-bond donors (Lipinski definition) is 2. The molecular formula is C21H20BrN3O4S. The highest BCUT2D eigenvalue weighted by Gasteiger charge is 2.12. The number of thiophene rings is 1. The first kappa shape index (κ1) is 21.8. The fourth-order valence-corrected chi connectivity index (χ4v) is 4.11. The second-order valence-corrected chi connectivity index (χ2v) is 8.10. The summed E-state index contributed by atoms with van der Waals surface area (Å²) in [6.45, 7) is 1.62. The molecule has 0 spiro atoms. The number of hydrazone groups is 1. The highest BCUT2D eigenvalue weighted by Crippen LogP contribution is 2.29. The van der Waals surface area contributed by atoms with Gasteiger partial charge in [-0.15, -0.1) is 11.3 Å². The number of benzene rings is 2. The Morgan fingerprint density at radius 2 is 1.87 bits per heavy atom. The first-order valence-electron chi connectivity index (χ1n) is 8.93. The molecule has 2 N–H and O–H groups in total. The first-order chi connectivity index (χ1) is 14.4. The smallest absolute Gasteiger partial charge is 0.259 e. The summed E-state index contributed by atoms with van der Waals surface area (Å²) in [7, 11) is 3.00. The molecule has 156 valence electrons. The van der Waals surface area contributed by atoms with E-state index in [9.17, 15) is 9.59 Å². The Morgan fingerprint density at radius 3 is 2.60 bits per heavy atom. The monoisotopic (exact) mass is 489 g/mol. The van der Waals surface area contributed by atoms with E-state index < -0.39 is 11.8 Å². The Labute approximate surface area is 186 Å². The number of carbonyl (C=O) groups excluding carboxylic acids is 2. The summed E-state index contributed by atoms with van der Waals surface area (Å²) in [5, 5.41) is 9.79. The number of hydrogen-bond acceptors (Lipinski definition) is 6. The predicted molar refractivity (Wildman–Crippen MR) is 122 cm³/mol. The molecule has 0 radical (unpaired) electrons. The number of amides is 2. The topological polar surface area (TPSA) is 89.0 Å². The third-order valence-electron chi connectivity index (χ3n) is 4.33. The van der Waals surface area contributed by atoms with E-state index in [0.29, 0.717) is 22.8 Å². The lowest BCUT2D eigenvalue weighted by atomic mass is 10.1. The summed E-state index contributed by atoms with van der Waals surface area (Å²) in [5.74, 6) is 0.124. The predicted octanol–water partition coefficient (Wildman–Crippen LogP) is 3.95. The lowest BCUT2D eigenvalue weighted by molar-refractivity contribution is -0.120. The van der Waals surface area contributed by atoms with E-state index in [1.54, 1.807) is 29.5 Å². The molecule has 0 aliphatic heterocycles. The SMILES string of the molecule is COc1ccc(C(=O)NCC(=O)NN=C(C)c2csc3ccc(Br)cc23)cc1OC. The third-order valence-corrected chi connectivity index (χ3v) is 5.79. The van der Waals surface area contributed by atoms with Crippen molar-refractivity contribution in [3.05, 3.63) is 57.4 Å². The van der Waals surface area contributed by atoms with E-state index in [1.807, 2.05) is 30.5 Å². The van der Waals surface area contributed by atoms with Gasteiger partial charge in [0.2, 0.25) is 0 Å². The Balaban J connectivity index is 1.60. The average Bonchev–Trinajstić information content (AvgIpc) is 3.18. The fourth-order valence-electron chi connectivity index (χ4n) is 2.77. The van der Waals surface area contributed by atoms with Gasteiger partial charge in [0.15, 0.2) is 11.5 Å². The van der Waals surface area contributed by atoms with Gasteiger partial charge >= 0.3 is 0 Å². The van der Waals surface area contributed by atoms with Crippen LogP contribution in [0.15, 0.2) is 51.4 Å². The molecule has 7 nitrogen and oxygen atoms in total. The molecule has 0 bridgehead atoms. The summed E-state index contributed by atoms with van der Waals surface area (Å²) in [6.07, 6.45) is 0. The molecule has 0 atom stereocenters. The molecule has 0 aliphatic carbocycles. The van der Waals surface area contributed by atoms with E-state index in [4.69, 9.17) is 9.47 Å². The maximum absolute atomic E-state index is 12.3. The second kappa shape index (κ2) is 9.73. The van der Waals surface area contributed by atoms with Crippen molar-refractivity contribution >= 4 is 54.9 Å². The maximum Gasteiger partial charge on any atom is 0.259 e. The molecule has 1 aromatic heterocycles. The van der Waals surface area contributed by atoms with E-state index in [1.165, 1.54) is 14.2 Å². The van der Waals surface area contributed by atoms with Crippen LogP contribution in [0.1, 0.15) is 22.8 Å². The van der Waals surface area contributed by atoms with Crippen LogP contribution in [0, 0.1) is 0 Å². The Kier molecular flexibility index (Phi) is 7.07. The molecule has 3 rings (SSSR count). The maximum atomic E-state index is 12.3. The zero-order valence-corrected chi connectivity index (χ0v) is 19.0. The number of nitrogens with one attached hydrogen (secondary N) is 2. The molecule has 1 heterocycles. The Bertz CT molecular complexity index is 1130. The quantitative estimate of drug-likeness (QED) is 0.388. The van der Waals surface area contributed by atoms with Crippen LogP contribution in [-0.2, 0) is 4.79 Å².